The van der Waals surface area contributed by atoms with Crippen molar-refractivity contribution in [3.63, 3.8) is 0 Å². The predicted octanol–water partition coefficient (Wildman–Crippen LogP) is 3.49. The Balaban J connectivity index is 1.57. The number of amides is 2. The van der Waals surface area contributed by atoms with E-state index in [-0.39, 0.29) is 11.8 Å². The Morgan fingerprint density at radius 2 is 1.48 bits per heavy atom. The van der Waals surface area contributed by atoms with E-state index in [1.54, 1.807) is 72.4 Å². The lowest BCUT2D eigenvalue weighted by Gasteiger charge is -2.25. The molecule has 2 aromatic rings. The Morgan fingerprint density at radius 3 is 2.14 bits per heavy atom. The lowest BCUT2D eigenvalue weighted by atomic mass is 10.2. The highest BCUT2D eigenvalue weighted by molar-refractivity contribution is 6.30. The number of halogens is 1. The Labute approximate surface area is 176 Å². The minimum absolute atomic E-state index is 0.0348. The molecule has 2 aromatic carbocycles. The summed E-state index contributed by atoms with van der Waals surface area (Å²) in [6, 6.07) is 14.0. The Bertz CT molecular complexity index is 839. The highest BCUT2D eigenvalue weighted by Gasteiger charge is 2.26. The molecule has 7 heteroatoms. The van der Waals surface area contributed by atoms with Gasteiger partial charge in [0.05, 0.1) is 7.11 Å². The molecule has 1 fully saturated rings. The normalized spacial score (nSPS) is 15.4. The molecule has 0 N–H and O–H groups in total. The fraction of sp³-hybridized carbons (Fsp3) is 0.364. The number of carbonyl (C=O) groups excluding carboxylic acids is 2. The van der Waals surface area contributed by atoms with Crippen LogP contribution in [0.15, 0.2) is 48.5 Å². The van der Waals surface area contributed by atoms with Gasteiger partial charge in [0, 0.05) is 36.8 Å². The van der Waals surface area contributed by atoms with Gasteiger partial charge in [-0.2, -0.15) is 0 Å². The topological polar surface area (TPSA) is 59.1 Å². The summed E-state index contributed by atoms with van der Waals surface area (Å²) in [5, 5.41) is 0.616. The van der Waals surface area contributed by atoms with Crippen LogP contribution in [-0.2, 0) is 4.79 Å². The highest BCUT2D eigenvalue weighted by Crippen LogP contribution is 2.18. The van der Waals surface area contributed by atoms with E-state index in [1.165, 1.54) is 0 Å². The van der Waals surface area contributed by atoms with Crippen LogP contribution in [0.5, 0.6) is 11.5 Å². The first-order valence-electron chi connectivity index (χ1n) is 9.62. The SMILES string of the molecule is COc1ccc(C(=O)N2CCCN(C(=O)C(C)Oc3ccc(Cl)cc3)CC2)cc1. The minimum atomic E-state index is -0.611. The van der Waals surface area contributed by atoms with Crippen molar-refractivity contribution in [3.05, 3.63) is 59.1 Å². The van der Waals surface area contributed by atoms with Gasteiger partial charge in [0.25, 0.3) is 11.8 Å². The monoisotopic (exact) mass is 416 g/mol. The Hall–Kier alpha value is -2.73. The molecule has 0 aliphatic carbocycles. The summed E-state index contributed by atoms with van der Waals surface area (Å²) < 4.78 is 10.9. The van der Waals surface area contributed by atoms with Gasteiger partial charge < -0.3 is 19.3 Å². The van der Waals surface area contributed by atoms with Gasteiger partial charge in [-0.25, -0.2) is 0 Å². The van der Waals surface area contributed by atoms with Crippen LogP contribution in [0.1, 0.15) is 23.7 Å². The first kappa shape index (κ1) is 21.0. The van der Waals surface area contributed by atoms with Crippen LogP contribution >= 0.6 is 11.6 Å². The van der Waals surface area contributed by atoms with Crippen LogP contribution in [0.3, 0.4) is 0 Å². The molecule has 6 nitrogen and oxygen atoms in total. The molecule has 1 unspecified atom stereocenters. The van der Waals surface area contributed by atoms with Crippen molar-refractivity contribution in [1.29, 1.82) is 0 Å². The van der Waals surface area contributed by atoms with E-state index in [9.17, 15) is 9.59 Å². The van der Waals surface area contributed by atoms with Crippen molar-refractivity contribution in [2.45, 2.75) is 19.4 Å². The molecular formula is C22H25ClN2O4. The molecule has 1 aliphatic rings. The van der Waals surface area contributed by atoms with Crippen LogP contribution < -0.4 is 9.47 Å². The smallest absolute Gasteiger partial charge is 0.263 e. The van der Waals surface area contributed by atoms with Gasteiger partial charge in [0.15, 0.2) is 6.10 Å². The summed E-state index contributed by atoms with van der Waals surface area (Å²) >= 11 is 5.88. The maximum Gasteiger partial charge on any atom is 0.263 e. The van der Waals surface area contributed by atoms with Crippen molar-refractivity contribution >= 4 is 23.4 Å². The summed E-state index contributed by atoms with van der Waals surface area (Å²) in [4.78, 5) is 29.1. The van der Waals surface area contributed by atoms with Crippen LogP contribution in [-0.4, -0.2) is 61.0 Å². The van der Waals surface area contributed by atoms with E-state index < -0.39 is 6.10 Å². The second-order valence-corrected chi connectivity index (χ2v) is 7.35. The number of hydrogen-bond donors (Lipinski definition) is 0. The number of rotatable bonds is 5. The second kappa shape index (κ2) is 9.65. The summed E-state index contributed by atoms with van der Waals surface area (Å²) in [5.74, 6) is 1.19. The van der Waals surface area contributed by atoms with Crippen LogP contribution in [0, 0.1) is 0 Å². The molecular weight excluding hydrogens is 392 g/mol. The van der Waals surface area contributed by atoms with Crippen LogP contribution in [0.4, 0.5) is 0 Å². The molecule has 0 saturated carbocycles. The lowest BCUT2D eigenvalue weighted by molar-refractivity contribution is -0.137. The van der Waals surface area contributed by atoms with Crippen molar-refractivity contribution < 1.29 is 19.1 Å². The molecule has 1 atom stereocenters. The van der Waals surface area contributed by atoms with Gasteiger partial charge in [-0.1, -0.05) is 11.6 Å². The third-order valence-electron chi connectivity index (χ3n) is 4.91. The summed E-state index contributed by atoms with van der Waals surface area (Å²) in [7, 11) is 1.59. The Kier molecular flexibility index (Phi) is 6.99. The second-order valence-electron chi connectivity index (χ2n) is 6.91. The number of methoxy groups -OCH3 is 1. The number of carbonyl (C=O) groups is 2. The average molecular weight is 417 g/mol. The summed E-state index contributed by atoms with van der Waals surface area (Å²) in [6.07, 6.45) is 0.112. The third kappa shape index (κ3) is 5.41. The minimum Gasteiger partial charge on any atom is -0.497 e. The number of hydrogen-bond acceptors (Lipinski definition) is 4. The maximum atomic E-state index is 12.8. The van der Waals surface area contributed by atoms with Crippen molar-refractivity contribution in [3.8, 4) is 11.5 Å². The van der Waals surface area contributed by atoms with Gasteiger partial charge >= 0.3 is 0 Å². The summed E-state index contributed by atoms with van der Waals surface area (Å²) in [5.41, 5.74) is 0.616. The molecule has 1 aliphatic heterocycles. The zero-order chi connectivity index (χ0) is 20.8. The molecule has 1 heterocycles. The number of ether oxygens (including phenoxy) is 2. The predicted molar refractivity (Wildman–Crippen MR) is 112 cm³/mol. The van der Waals surface area contributed by atoms with E-state index >= 15 is 0 Å². The van der Waals surface area contributed by atoms with Gasteiger partial charge in [-0.3, -0.25) is 9.59 Å². The molecule has 154 valence electrons. The lowest BCUT2D eigenvalue weighted by Crippen LogP contribution is -2.43. The fourth-order valence-corrected chi connectivity index (χ4v) is 3.41. The van der Waals surface area contributed by atoms with E-state index in [2.05, 4.69) is 0 Å². The number of benzene rings is 2. The largest absolute Gasteiger partial charge is 0.497 e. The molecule has 0 spiro atoms. The van der Waals surface area contributed by atoms with Gasteiger partial charge in [-0.15, -0.1) is 0 Å². The van der Waals surface area contributed by atoms with E-state index in [4.69, 9.17) is 21.1 Å². The molecule has 0 aromatic heterocycles. The molecule has 0 bridgehead atoms. The zero-order valence-electron chi connectivity index (χ0n) is 16.6. The zero-order valence-corrected chi connectivity index (χ0v) is 17.4. The first-order valence-corrected chi connectivity index (χ1v) is 10.00. The van der Waals surface area contributed by atoms with Crippen molar-refractivity contribution in [2.24, 2.45) is 0 Å². The molecule has 3 rings (SSSR count). The molecule has 29 heavy (non-hydrogen) atoms. The molecule has 2 amide bonds. The van der Waals surface area contributed by atoms with Gasteiger partial charge in [0.2, 0.25) is 0 Å². The van der Waals surface area contributed by atoms with E-state index in [0.717, 1.165) is 6.42 Å². The van der Waals surface area contributed by atoms with Crippen molar-refractivity contribution in [2.75, 3.05) is 33.3 Å². The van der Waals surface area contributed by atoms with Crippen LogP contribution in [0.25, 0.3) is 0 Å². The number of nitrogens with zero attached hydrogens (tertiary/aromatic N) is 2. The quantitative estimate of drug-likeness (QED) is 0.748. The Morgan fingerprint density at radius 1 is 0.897 bits per heavy atom. The van der Waals surface area contributed by atoms with E-state index in [0.29, 0.717) is 48.3 Å². The maximum absolute atomic E-state index is 12.8. The van der Waals surface area contributed by atoms with Gasteiger partial charge in [0.1, 0.15) is 11.5 Å². The fourth-order valence-electron chi connectivity index (χ4n) is 3.28. The van der Waals surface area contributed by atoms with Gasteiger partial charge in [-0.05, 0) is 61.9 Å². The highest BCUT2D eigenvalue weighted by atomic mass is 35.5. The average Bonchev–Trinajstić information content (AvgIpc) is 3.00. The van der Waals surface area contributed by atoms with E-state index in [1.807, 2.05) is 0 Å². The third-order valence-corrected chi connectivity index (χ3v) is 5.16. The molecule has 1 saturated heterocycles. The molecule has 0 radical (unpaired) electrons. The summed E-state index contributed by atoms with van der Waals surface area (Å²) in [6.45, 7) is 3.92. The van der Waals surface area contributed by atoms with Crippen LogP contribution in [0.2, 0.25) is 5.02 Å². The standard InChI is InChI=1S/C22H25ClN2O4/c1-16(29-20-10-6-18(23)7-11-20)21(26)24-12-3-13-25(15-14-24)22(27)17-4-8-19(28-2)9-5-17/h4-11,16H,3,12-15H2,1-2H3. The van der Waals surface area contributed by atoms with Crippen molar-refractivity contribution in [1.82, 2.24) is 9.80 Å². The first-order chi connectivity index (χ1) is 14.0.